The van der Waals surface area contributed by atoms with E-state index in [-0.39, 0.29) is 23.9 Å². The summed E-state index contributed by atoms with van der Waals surface area (Å²) in [5.74, 6) is 11.5. The van der Waals surface area contributed by atoms with Crippen molar-refractivity contribution >= 4 is 0 Å². The van der Waals surface area contributed by atoms with Crippen molar-refractivity contribution in [2.45, 2.75) is 33.4 Å². The molecule has 2 heterocycles. The molecule has 2 aliphatic heterocycles. The lowest BCUT2D eigenvalue weighted by Crippen LogP contribution is -2.46. The summed E-state index contributed by atoms with van der Waals surface area (Å²) in [6.45, 7) is 7.98. The fourth-order valence-corrected chi connectivity index (χ4v) is 1.98. The Morgan fingerprint density at radius 3 is 2.21 bits per heavy atom. The molecule has 0 saturated carbocycles. The van der Waals surface area contributed by atoms with Crippen molar-refractivity contribution in [1.82, 2.24) is 0 Å². The van der Waals surface area contributed by atoms with Crippen molar-refractivity contribution in [3.05, 3.63) is 0 Å². The van der Waals surface area contributed by atoms with Crippen molar-refractivity contribution in [1.29, 1.82) is 0 Å². The maximum atomic E-state index is 5.77. The van der Waals surface area contributed by atoms with Crippen LogP contribution < -0.4 is 0 Å². The highest BCUT2D eigenvalue weighted by Gasteiger charge is 2.37. The second-order valence-electron chi connectivity index (χ2n) is 5.17. The summed E-state index contributed by atoms with van der Waals surface area (Å²) in [6.07, 6.45) is -0.400. The Labute approximate surface area is 114 Å². The fraction of sp³-hybridized carbons (Fsp3) is 0.733. The summed E-state index contributed by atoms with van der Waals surface area (Å²) >= 11 is 0. The smallest absolute Gasteiger partial charge is 0.164 e. The van der Waals surface area contributed by atoms with Gasteiger partial charge in [-0.1, -0.05) is 11.8 Å². The van der Waals surface area contributed by atoms with Gasteiger partial charge in [0.05, 0.1) is 37.8 Å². The first-order valence-electron chi connectivity index (χ1n) is 6.53. The Hall–Kier alpha value is -1.04. The molecule has 2 rings (SSSR count). The summed E-state index contributed by atoms with van der Waals surface area (Å²) in [4.78, 5) is 0. The van der Waals surface area contributed by atoms with E-state index in [0.29, 0.717) is 26.4 Å². The van der Waals surface area contributed by atoms with Crippen LogP contribution in [0.4, 0.5) is 0 Å². The predicted molar refractivity (Wildman–Crippen MR) is 69.9 cm³/mol. The standard InChI is InChI=1S/C15H20O4/c1-4-5-6-7-15(3)10-18-14(19-11-15)13-8-16-12(2)17-9-13/h12-14H,8-11H2,1-3H3. The van der Waals surface area contributed by atoms with Gasteiger partial charge < -0.3 is 18.9 Å². The molecule has 4 nitrogen and oxygen atoms in total. The Kier molecular flexibility index (Phi) is 4.85. The average Bonchev–Trinajstić information content (AvgIpc) is 2.41. The maximum absolute atomic E-state index is 5.77. The van der Waals surface area contributed by atoms with E-state index in [1.54, 1.807) is 6.92 Å². The molecule has 0 spiro atoms. The molecule has 0 aromatic heterocycles. The summed E-state index contributed by atoms with van der Waals surface area (Å²) < 4.78 is 22.4. The third kappa shape index (κ3) is 3.96. The van der Waals surface area contributed by atoms with E-state index in [1.807, 2.05) is 13.8 Å². The molecule has 0 bridgehead atoms. The Morgan fingerprint density at radius 1 is 1.00 bits per heavy atom. The van der Waals surface area contributed by atoms with Crippen molar-refractivity contribution in [2.75, 3.05) is 26.4 Å². The third-order valence-electron chi connectivity index (χ3n) is 3.16. The SMILES string of the molecule is CC#CC#CC1(C)COC(C2COC(C)OC2)OC1. The first-order valence-corrected chi connectivity index (χ1v) is 6.53. The van der Waals surface area contributed by atoms with Crippen LogP contribution in [0.5, 0.6) is 0 Å². The van der Waals surface area contributed by atoms with Crippen LogP contribution in [0.2, 0.25) is 0 Å². The van der Waals surface area contributed by atoms with Gasteiger partial charge in [0, 0.05) is 0 Å². The third-order valence-corrected chi connectivity index (χ3v) is 3.16. The van der Waals surface area contributed by atoms with Gasteiger partial charge in [-0.05, 0) is 32.6 Å². The zero-order valence-corrected chi connectivity index (χ0v) is 11.7. The molecule has 0 amide bonds. The van der Waals surface area contributed by atoms with Gasteiger partial charge >= 0.3 is 0 Å². The fourth-order valence-electron chi connectivity index (χ4n) is 1.98. The molecule has 0 N–H and O–H groups in total. The largest absolute Gasteiger partial charge is 0.352 e. The summed E-state index contributed by atoms with van der Waals surface area (Å²) in [5, 5.41) is 0. The minimum Gasteiger partial charge on any atom is -0.352 e. The van der Waals surface area contributed by atoms with Crippen molar-refractivity contribution in [3.8, 4) is 23.7 Å². The van der Waals surface area contributed by atoms with Crippen LogP contribution in [0.15, 0.2) is 0 Å². The molecule has 0 aromatic rings. The first-order chi connectivity index (χ1) is 9.13. The maximum Gasteiger partial charge on any atom is 0.164 e. The Bertz CT molecular complexity index is 407. The van der Waals surface area contributed by atoms with E-state index in [9.17, 15) is 0 Å². The van der Waals surface area contributed by atoms with Gasteiger partial charge in [-0.25, -0.2) is 0 Å². The van der Waals surface area contributed by atoms with Crippen LogP contribution in [0.25, 0.3) is 0 Å². The Balaban J connectivity index is 1.85. The molecule has 2 fully saturated rings. The highest BCUT2D eigenvalue weighted by atomic mass is 16.7. The zero-order chi connectivity index (χ0) is 13.7. The number of ether oxygens (including phenoxy) is 4. The van der Waals surface area contributed by atoms with E-state index in [1.165, 1.54) is 0 Å². The lowest BCUT2D eigenvalue weighted by atomic mass is 9.92. The molecule has 2 aliphatic rings. The van der Waals surface area contributed by atoms with Crippen LogP contribution in [0.1, 0.15) is 20.8 Å². The van der Waals surface area contributed by atoms with Crippen LogP contribution in [0, 0.1) is 35.0 Å². The molecule has 2 saturated heterocycles. The molecular formula is C15H20O4. The van der Waals surface area contributed by atoms with Gasteiger partial charge in [-0.3, -0.25) is 0 Å². The van der Waals surface area contributed by atoms with Crippen LogP contribution >= 0.6 is 0 Å². The highest BCUT2D eigenvalue weighted by molar-refractivity contribution is 5.28. The summed E-state index contributed by atoms with van der Waals surface area (Å²) in [7, 11) is 0. The van der Waals surface area contributed by atoms with Gasteiger partial charge in [-0.2, -0.15) is 0 Å². The molecule has 0 aromatic carbocycles. The topological polar surface area (TPSA) is 36.9 Å². The molecule has 0 unspecified atom stereocenters. The highest BCUT2D eigenvalue weighted by Crippen LogP contribution is 2.28. The monoisotopic (exact) mass is 264 g/mol. The molecular weight excluding hydrogens is 244 g/mol. The van der Waals surface area contributed by atoms with Gasteiger partial charge in [0.2, 0.25) is 0 Å². The molecule has 19 heavy (non-hydrogen) atoms. The predicted octanol–water partition coefficient (Wildman–Crippen LogP) is 1.40. The van der Waals surface area contributed by atoms with E-state index < -0.39 is 0 Å². The first kappa shape index (κ1) is 14.4. The minimum atomic E-state index is -0.288. The molecule has 0 radical (unpaired) electrons. The summed E-state index contributed by atoms with van der Waals surface area (Å²) in [6, 6.07) is 0. The van der Waals surface area contributed by atoms with Crippen LogP contribution in [0.3, 0.4) is 0 Å². The van der Waals surface area contributed by atoms with E-state index in [0.717, 1.165) is 0 Å². The Morgan fingerprint density at radius 2 is 1.63 bits per heavy atom. The zero-order valence-electron chi connectivity index (χ0n) is 11.7. The lowest BCUT2D eigenvalue weighted by Gasteiger charge is -2.39. The molecule has 0 aliphatic carbocycles. The molecule has 4 heteroatoms. The number of rotatable bonds is 1. The second-order valence-corrected chi connectivity index (χ2v) is 5.17. The molecule has 0 atom stereocenters. The van der Waals surface area contributed by atoms with Gasteiger partial charge in [0.15, 0.2) is 12.6 Å². The summed E-state index contributed by atoms with van der Waals surface area (Å²) in [5.41, 5.74) is -0.288. The number of hydrogen-bond acceptors (Lipinski definition) is 4. The molecule has 104 valence electrons. The quantitative estimate of drug-likeness (QED) is 0.671. The van der Waals surface area contributed by atoms with E-state index in [2.05, 4.69) is 23.7 Å². The average molecular weight is 264 g/mol. The second kappa shape index (κ2) is 6.41. The van der Waals surface area contributed by atoms with Crippen LogP contribution in [-0.2, 0) is 18.9 Å². The van der Waals surface area contributed by atoms with Crippen molar-refractivity contribution < 1.29 is 18.9 Å². The van der Waals surface area contributed by atoms with Crippen LogP contribution in [-0.4, -0.2) is 39.0 Å². The van der Waals surface area contributed by atoms with E-state index >= 15 is 0 Å². The number of hydrogen-bond donors (Lipinski definition) is 0. The minimum absolute atomic E-state index is 0.129. The van der Waals surface area contributed by atoms with Gasteiger partial charge in [0.1, 0.15) is 0 Å². The van der Waals surface area contributed by atoms with Crippen molar-refractivity contribution in [3.63, 3.8) is 0 Å². The lowest BCUT2D eigenvalue weighted by molar-refractivity contribution is -0.282. The van der Waals surface area contributed by atoms with Gasteiger partial charge in [0.25, 0.3) is 0 Å². The van der Waals surface area contributed by atoms with Gasteiger partial charge in [-0.15, -0.1) is 0 Å². The van der Waals surface area contributed by atoms with Crippen molar-refractivity contribution in [2.24, 2.45) is 11.3 Å². The van der Waals surface area contributed by atoms with E-state index in [4.69, 9.17) is 18.9 Å². The normalized spacial score (nSPS) is 38.6.